The van der Waals surface area contributed by atoms with Gasteiger partial charge in [0.25, 0.3) is 5.91 Å². The molecule has 34 heavy (non-hydrogen) atoms. The van der Waals surface area contributed by atoms with E-state index in [1.165, 1.54) is 30.7 Å². The molecule has 1 saturated heterocycles. The number of hydrogen-bond donors (Lipinski definition) is 1. The highest BCUT2D eigenvalue weighted by atomic mass is 19.4. The van der Waals surface area contributed by atoms with Gasteiger partial charge in [-0.15, -0.1) is 0 Å². The first kappa shape index (κ1) is 20.8. The molecule has 0 saturated carbocycles. The highest BCUT2D eigenvalue weighted by molar-refractivity contribution is 5.99. The molecule has 3 aromatic heterocycles. The summed E-state index contributed by atoms with van der Waals surface area (Å²) < 4.78 is 56.2. The Hall–Kier alpha value is -3.76. The van der Waals surface area contributed by atoms with E-state index < -0.39 is 29.6 Å². The zero-order valence-corrected chi connectivity index (χ0v) is 17.7. The third-order valence-corrected chi connectivity index (χ3v) is 6.79. The van der Waals surface area contributed by atoms with E-state index in [2.05, 4.69) is 15.0 Å². The molecule has 0 radical (unpaired) electrons. The number of imidazole rings is 1. The molecule has 1 aliphatic carbocycles. The molecule has 4 heterocycles. The lowest BCUT2D eigenvalue weighted by Gasteiger charge is -2.38. The lowest BCUT2D eigenvalue weighted by molar-refractivity contribution is -0.141. The van der Waals surface area contributed by atoms with Gasteiger partial charge < -0.3 is 10.6 Å². The van der Waals surface area contributed by atoms with Crippen molar-refractivity contribution in [1.82, 2.24) is 24.3 Å². The van der Waals surface area contributed by atoms with Crippen molar-refractivity contribution in [2.45, 2.75) is 31.5 Å². The fourth-order valence-electron chi connectivity index (χ4n) is 5.31. The highest BCUT2D eigenvalue weighted by Crippen LogP contribution is 2.46. The standard InChI is InChI=1S/C23H18F4N6O/c24-14-8-16-17(33-10-29-9-18(33)21(28)31-16)7-13(14)22(34)32-5-1-2-11-6-15-12(20(11)32)3-4-19(30-15)23(25,26)27/h3-4,7-11,20H,1-2,5-6H2,(H2,28,31). The molecule has 1 amide bonds. The van der Waals surface area contributed by atoms with Crippen molar-refractivity contribution in [2.24, 2.45) is 5.92 Å². The van der Waals surface area contributed by atoms with Crippen molar-refractivity contribution < 1.29 is 22.4 Å². The van der Waals surface area contributed by atoms with Gasteiger partial charge >= 0.3 is 6.18 Å². The van der Waals surface area contributed by atoms with Crippen molar-refractivity contribution in [2.75, 3.05) is 12.3 Å². The number of likely N-dealkylation sites (tertiary alicyclic amines) is 1. The number of halogens is 4. The number of nitrogens with two attached hydrogens (primary N) is 1. The Kier molecular flexibility index (Phi) is 4.36. The molecule has 11 heteroatoms. The number of piperidine rings is 1. The lowest BCUT2D eigenvalue weighted by Crippen LogP contribution is -2.41. The Balaban J connectivity index is 1.43. The summed E-state index contributed by atoms with van der Waals surface area (Å²) in [5, 5.41) is 0. The third-order valence-electron chi connectivity index (χ3n) is 6.79. The highest BCUT2D eigenvalue weighted by Gasteiger charge is 2.44. The van der Waals surface area contributed by atoms with Crippen LogP contribution in [0, 0.1) is 11.7 Å². The van der Waals surface area contributed by atoms with Crippen molar-refractivity contribution >= 4 is 28.3 Å². The Morgan fingerprint density at radius 3 is 2.76 bits per heavy atom. The molecule has 2 N–H and O–H groups in total. The molecule has 1 aromatic carbocycles. The monoisotopic (exact) mass is 470 g/mol. The molecule has 1 fully saturated rings. The van der Waals surface area contributed by atoms with Crippen molar-refractivity contribution in [3.05, 3.63) is 65.1 Å². The van der Waals surface area contributed by atoms with Crippen LogP contribution in [0.5, 0.6) is 0 Å². The molecule has 174 valence electrons. The number of nitrogens with zero attached hydrogens (tertiary/aromatic N) is 5. The van der Waals surface area contributed by atoms with E-state index in [1.54, 1.807) is 9.30 Å². The number of amides is 1. The molecule has 4 aromatic rings. The van der Waals surface area contributed by atoms with Crippen LogP contribution < -0.4 is 5.73 Å². The van der Waals surface area contributed by atoms with E-state index in [0.717, 1.165) is 12.5 Å². The van der Waals surface area contributed by atoms with Gasteiger partial charge in [-0.1, -0.05) is 6.07 Å². The predicted molar refractivity (Wildman–Crippen MR) is 114 cm³/mol. The second-order valence-corrected chi connectivity index (χ2v) is 8.75. The molecular weight excluding hydrogens is 452 g/mol. The molecule has 6 rings (SSSR count). The van der Waals surface area contributed by atoms with Gasteiger partial charge in [-0.25, -0.2) is 19.3 Å². The second-order valence-electron chi connectivity index (χ2n) is 8.75. The number of anilines is 1. The van der Waals surface area contributed by atoms with E-state index in [-0.39, 0.29) is 22.8 Å². The summed E-state index contributed by atoms with van der Waals surface area (Å²) in [7, 11) is 0. The van der Waals surface area contributed by atoms with Crippen molar-refractivity contribution in [3.63, 3.8) is 0 Å². The predicted octanol–water partition coefficient (Wildman–Crippen LogP) is 4.17. The maximum Gasteiger partial charge on any atom is 0.433 e. The number of benzene rings is 1. The number of fused-ring (bicyclic) bond motifs is 6. The average Bonchev–Trinajstić information content (AvgIpc) is 3.42. The fraction of sp³-hybridized carbons (Fsp3) is 0.304. The van der Waals surface area contributed by atoms with Crippen LogP contribution in [0.1, 0.15) is 46.2 Å². The molecule has 1 aliphatic heterocycles. The van der Waals surface area contributed by atoms with Crippen LogP contribution in [0.2, 0.25) is 0 Å². The molecule has 7 nitrogen and oxygen atoms in total. The van der Waals surface area contributed by atoms with Gasteiger partial charge in [-0.2, -0.15) is 13.2 Å². The number of aromatic nitrogens is 4. The lowest BCUT2D eigenvalue weighted by atomic mass is 9.89. The van der Waals surface area contributed by atoms with Crippen LogP contribution in [0.4, 0.5) is 23.4 Å². The molecule has 2 unspecified atom stereocenters. The summed E-state index contributed by atoms with van der Waals surface area (Å²) in [5.74, 6) is -1.13. The minimum absolute atomic E-state index is 0.0611. The minimum Gasteiger partial charge on any atom is -0.382 e. The normalized spacial score (nSPS) is 20.1. The quantitative estimate of drug-likeness (QED) is 0.422. The molecule has 2 aliphatic rings. The summed E-state index contributed by atoms with van der Waals surface area (Å²) >= 11 is 0. The number of rotatable bonds is 1. The van der Waals surface area contributed by atoms with E-state index in [0.29, 0.717) is 41.7 Å². The maximum atomic E-state index is 15.1. The Bertz CT molecular complexity index is 1480. The Morgan fingerprint density at radius 1 is 1.15 bits per heavy atom. The SMILES string of the molecule is Nc1nc2cc(F)c(C(=O)N3CCCC4Cc5nc(C(F)(F)F)ccc5C43)cc2n2cncc12. The van der Waals surface area contributed by atoms with E-state index in [4.69, 9.17) is 5.73 Å². The minimum atomic E-state index is -4.54. The number of alkyl halides is 3. The van der Waals surface area contributed by atoms with Crippen LogP contribution >= 0.6 is 0 Å². The molecule has 0 spiro atoms. The van der Waals surface area contributed by atoms with Gasteiger partial charge in [-0.05, 0) is 42.9 Å². The van der Waals surface area contributed by atoms with Gasteiger partial charge in [0.15, 0.2) is 0 Å². The van der Waals surface area contributed by atoms with Gasteiger partial charge in [-0.3, -0.25) is 9.20 Å². The molecular formula is C23H18F4N6O. The zero-order valence-electron chi connectivity index (χ0n) is 17.7. The molecule has 2 atom stereocenters. The van der Waals surface area contributed by atoms with E-state index in [1.807, 2.05) is 0 Å². The van der Waals surface area contributed by atoms with Gasteiger partial charge in [0.1, 0.15) is 22.8 Å². The van der Waals surface area contributed by atoms with Crippen LogP contribution in [0.15, 0.2) is 36.8 Å². The van der Waals surface area contributed by atoms with Crippen molar-refractivity contribution in [1.29, 1.82) is 0 Å². The summed E-state index contributed by atoms with van der Waals surface area (Å²) in [6.07, 6.45) is 0.280. The smallest absolute Gasteiger partial charge is 0.382 e. The first-order valence-electron chi connectivity index (χ1n) is 10.8. The Labute approximate surface area is 190 Å². The number of carbonyl (C=O) groups excluding carboxylic acids is 1. The maximum absolute atomic E-state index is 15.1. The summed E-state index contributed by atoms with van der Waals surface area (Å²) in [5.41, 5.74) is 7.08. The number of hydrogen-bond acceptors (Lipinski definition) is 5. The summed E-state index contributed by atoms with van der Waals surface area (Å²) in [6.45, 7) is 0.373. The van der Waals surface area contributed by atoms with Crippen molar-refractivity contribution in [3.8, 4) is 0 Å². The number of carbonyl (C=O) groups is 1. The Morgan fingerprint density at radius 2 is 1.97 bits per heavy atom. The molecule has 0 bridgehead atoms. The first-order valence-corrected chi connectivity index (χ1v) is 10.8. The van der Waals surface area contributed by atoms with Gasteiger partial charge in [0.2, 0.25) is 0 Å². The van der Waals surface area contributed by atoms with Gasteiger partial charge in [0, 0.05) is 18.3 Å². The second kappa shape index (κ2) is 7.12. The topological polar surface area (TPSA) is 89.4 Å². The summed E-state index contributed by atoms with van der Waals surface area (Å²) in [4.78, 5) is 27.3. The largest absolute Gasteiger partial charge is 0.433 e. The number of pyridine rings is 1. The third kappa shape index (κ3) is 3.02. The average molecular weight is 470 g/mol. The number of nitrogen functional groups attached to an aromatic ring is 1. The zero-order chi connectivity index (χ0) is 23.8. The fourth-order valence-corrected chi connectivity index (χ4v) is 5.31. The van der Waals surface area contributed by atoms with Crippen LogP contribution in [-0.4, -0.2) is 36.7 Å². The van der Waals surface area contributed by atoms with Crippen LogP contribution in [-0.2, 0) is 12.6 Å². The van der Waals surface area contributed by atoms with Crippen LogP contribution in [0.3, 0.4) is 0 Å². The first-order chi connectivity index (χ1) is 16.2. The van der Waals surface area contributed by atoms with E-state index in [9.17, 15) is 18.0 Å². The summed E-state index contributed by atoms with van der Waals surface area (Å²) in [6, 6.07) is 4.50. The van der Waals surface area contributed by atoms with Crippen LogP contribution in [0.25, 0.3) is 16.6 Å². The van der Waals surface area contributed by atoms with Gasteiger partial charge in [0.05, 0.1) is 35.2 Å². The van der Waals surface area contributed by atoms with E-state index >= 15 is 4.39 Å².